The van der Waals surface area contributed by atoms with Crippen LogP contribution in [-0.4, -0.2) is 46.3 Å². The minimum Gasteiger partial charge on any atom is -0.388 e. The van der Waals surface area contributed by atoms with Crippen molar-refractivity contribution in [2.75, 3.05) is 13.1 Å². The molecule has 16 heavy (non-hydrogen) atoms. The second-order valence-corrected chi connectivity index (χ2v) is 4.21. The first kappa shape index (κ1) is 11.1. The van der Waals surface area contributed by atoms with Gasteiger partial charge in [-0.25, -0.2) is 0 Å². The van der Waals surface area contributed by atoms with Gasteiger partial charge in [-0.1, -0.05) is 17.7 Å². The molecule has 1 aliphatic rings. The number of likely N-dealkylation sites (tertiary alicyclic amines) is 1. The molecule has 1 aromatic carbocycles. The van der Waals surface area contributed by atoms with Crippen LogP contribution in [-0.2, 0) is 0 Å². The van der Waals surface area contributed by atoms with Gasteiger partial charge in [0.25, 0.3) is 5.91 Å². The Labute approximate surface area is 94.1 Å². The van der Waals surface area contributed by atoms with Crippen LogP contribution >= 0.6 is 0 Å². The summed E-state index contributed by atoms with van der Waals surface area (Å²) in [5, 5.41) is 18.7. The first-order chi connectivity index (χ1) is 7.58. The van der Waals surface area contributed by atoms with Crippen molar-refractivity contribution in [3.63, 3.8) is 0 Å². The highest BCUT2D eigenvalue weighted by Crippen LogP contribution is 2.14. The van der Waals surface area contributed by atoms with Gasteiger partial charge < -0.3 is 15.1 Å². The van der Waals surface area contributed by atoms with E-state index in [0.717, 1.165) is 5.56 Å². The van der Waals surface area contributed by atoms with Crippen molar-refractivity contribution in [1.82, 2.24) is 4.90 Å². The fourth-order valence-electron chi connectivity index (χ4n) is 1.90. The van der Waals surface area contributed by atoms with E-state index in [2.05, 4.69) is 0 Å². The van der Waals surface area contributed by atoms with Gasteiger partial charge in [-0.3, -0.25) is 4.79 Å². The molecule has 0 saturated carbocycles. The minimum absolute atomic E-state index is 0.140. The zero-order valence-electron chi connectivity index (χ0n) is 9.13. The average Bonchev–Trinajstić information content (AvgIpc) is 2.58. The molecule has 1 saturated heterocycles. The molecular weight excluding hydrogens is 206 g/mol. The highest BCUT2D eigenvalue weighted by Gasteiger charge is 2.32. The molecule has 4 nitrogen and oxygen atoms in total. The summed E-state index contributed by atoms with van der Waals surface area (Å²) in [6.45, 7) is 2.33. The summed E-state index contributed by atoms with van der Waals surface area (Å²) in [5.41, 5.74) is 1.62. The third-order valence-corrected chi connectivity index (χ3v) is 2.81. The Kier molecular flexibility index (Phi) is 2.94. The van der Waals surface area contributed by atoms with Gasteiger partial charge in [-0.05, 0) is 19.1 Å². The lowest BCUT2D eigenvalue weighted by atomic mass is 10.1. The highest BCUT2D eigenvalue weighted by molar-refractivity contribution is 5.94. The number of benzene rings is 1. The molecule has 1 aromatic rings. The first-order valence-corrected chi connectivity index (χ1v) is 5.30. The maximum atomic E-state index is 12.0. The summed E-state index contributed by atoms with van der Waals surface area (Å²) >= 11 is 0. The predicted molar refractivity (Wildman–Crippen MR) is 59.1 cm³/mol. The Balaban J connectivity index is 2.14. The monoisotopic (exact) mass is 221 g/mol. The van der Waals surface area contributed by atoms with E-state index in [0.29, 0.717) is 5.56 Å². The topological polar surface area (TPSA) is 60.8 Å². The first-order valence-electron chi connectivity index (χ1n) is 5.30. The molecule has 0 spiro atoms. The molecule has 86 valence electrons. The van der Waals surface area contributed by atoms with Crippen molar-refractivity contribution in [1.29, 1.82) is 0 Å². The third-order valence-electron chi connectivity index (χ3n) is 2.81. The van der Waals surface area contributed by atoms with E-state index in [9.17, 15) is 15.0 Å². The molecule has 4 heteroatoms. The molecule has 2 rings (SSSR count). The van der Waals surface area contributed by atoms with Crippen molar-refractivity contribution in [2.24, 2.45) is 0 Å². The van der Waals surface area contributed by atoms with Crippen LogP contribution in [0, 0.1) is 6.92 Å². The van der Waals surface area contributed by atoms with Crippen molar-refractivity contribution < 1.29 is 15.0 Å². The van der Waals surface area contributed by atoms with Crippen molar-refractivity contribution in [2.45, 2.75) is 19.1 Å². The number of hydrogen-bond acceptors (Lipinski definition) is 3. The van der Waals surface area contributed by atoms with E-state index >= 15 is 0 Å². The Bertz CT molecular complexity index is 395. The number of aliphatic hydroxyl groups is 2. The van der Waals surface area contributed by atoms with E-state index in [4.69, 9.17) is 0 Å². The summed E-state index contributed by atoms with van der Waals surface area (Å²) in [6.07, 6.45) is -1.65. The minimum atomic E-state index is -0.825. The van der Waals surface area contributed by atoms with E-state index in [-0.39, 0.29) is 19.0 Å². The average molecular weight is 221 g/mol. The molecule has 1 fully saturated rings. The van der Waals surface area contributed by atoms with Crippen molar-refractivity contribution >= 4 is 5.91 Å². The van der Waals surface area contributed by atoms with E-state index in [1.165, 1.54) is 4.90 Å². The molecule has 1 amide bonds. The molecular formula is C12H15NO3. The normalized spacial score (nSPS) is 24.8. The number of carbonyl (C=O) groups is 1. The zero-order chi connectivity index (χ0) is 11.7. The van der Waals surface area contributed by atoms with Gasteiger partial charge in [0.15, 0.2) is 0 Å². The van der Waals surface area contributed by atoms with Crippen LogP contribution in [0.2, 0.25) is 0 Å². The largest absolute Gasteiger partial charge is 0.388 e. The van der Waals surface area contributed by atoms with Crippen LogP contribution in [0.15, 0.2) is 24.3 Å². The lowest BCUT2D eigenvalue weighted by Crippen LogP contribution is -2.29. The lowest BCUT2D eigenvalue weighted by Gasteiger charge is -2.15. The fraction of sp³-hybridized carbons (Fsp3) is 0.417. The van der Waals surface area contributed by atoms with Gasteiger partial charge in [0.05, 0.1) is 12.2 Å². The molecule has 0 aliphatic carbocycles. The lowest BCUT2D eigenvalue weighted by molar-refractivity contribution is 0.0572. The summed E-state index contributed by atoms with van der Waals surface area (Å²) in [7, 11) is 0. The molecule has 2 atom stereocenters. The van der Waals surface area contributed by atoms with E-state index in [1.807, 2.05) is 19.1 Å². The van der Waals surface area contributed by atoms with Crippen LogP contribution < -0.4 is 0 Å². The predicted octanol–water partition coefficient (Wildman–Crippen LogP) is 0.173. The summed E-state index contributed by atoms with van der Waals surface area (Å²) in [5.74, 6) is -0.140. The number of amides is 1. The molecule has 0 bridgehead atoms. The Morgan fingerprint density at radius 2 is 1.94 bits per heavy atom. The van der Waals surface area contributed by atoms with Gasteiger partial charge in [0.2, 0.25) is 0 Å². The van der Waals surface area contributed by atoms with Crippen LogP contribution in [0.5, 0.6) is 0 Å². The Morgan fingerprint density at radius 3 is 2.50 bits per heavy atom. The smallest absolute Gasteiger partial charge is 0.254 e. The maximum Gasteiger partial charge on any atom is 0.254 e. The maximum absolute atomic E-state index is 12.0. The number of β-amino-alcohol motifs (C(OH)–C–C–N with tert-alkyl or cyclic N) is 2. The highest BCUT2D eigenvalue weighted by atomic mass is 16.3. The fourth-order valence-corrected chi connectivity index (χ4v) is 1.90. The van der Waals surface area contributed by atoms with Gasteiger partial charge >= 0.3 is 0 Å². The van der Waals surface area contributed by atoms with Gasteiger partial charge in [-0.15, -0.1) is 0 Å². The number of rotatable bonds is 1. The van der Waals surface area contributed by atoms with Crippen molar-refractivity contribution in [3.8, 4) is 0 Å². The molecule has 2 N–H and O–H groups in total. The van der Waals surface area contributed by atoms with Crippen LogP contribution in [0.1, 0.15) is 15.9 Å². The number of aryl methyl sites for hydroxylation is 1. The van der Waals surface area contributed by atoms with E-state index < -0.39 is 12.2 Å². The Hall–Kier alpha value is -1.39. The third kappa shape index (κ3) is 2.08. The van der Waals surface area contributed by atoms with Gasteiger partial charge in [-0.2, -0.15) is 0 Å². The molecule has 1 heterocycles. The second-order valence-electron chi connectivity index (χ2n) is 4.21. The molecule has 0 aromatic heterocycles. The van der Waals surface area contributed by atoms with Crippen LogP contribution in [0.3, 0.4) is 0 Å². The SMILES string of the molecule is Cc1cccc(C(=O)N2CC(O)C(O)C2)c1. The standard InChI is InChI=1S/C12H15NO3/c1-8-3-2-4-9(5-8)12(16)13-6-10(14)11(15)7-13/h2-5,10-11,14-15H,6-7H2,1H3. The number of carbonyl (C=O) groups excluding carboxylic acids is 1. The Morgan fingerprint density at radius 1 is 1.31 bits per heavy atom. The van der Waals surface area contributed by atoms with Crippen LogP contribution in [0.25, 0.3) is 0 Å². The van der Waals surface area contributed by atoms with Gasteiger partial charge in [0, 0.05) is 18.7 Å². The van der Waals surface area contributed by atoms with Crippen molar-refractivity contribution in [3.05, 3.63) is 35.4 Å². The zero-order valence-corrected chi connectivity index (χ0v) is 9.13. The summed E-state index contributed by atoms with van der Waals surface area (Å²) < 4.78 is 0. The molecule has 0 radical (unpaired) electrons. The van der Waals surface area contributed by atoms with Crippen LogP contribution in [0.4, 0.5) is 0 Å². The van der Waals surface area contributed by atoms with Gasteiger partial charge in [0.1, 0.15) is 0 Å². The molecule has 1 aliphatic heterocycles. The quantitative estimate of drug-likeness (QED) is 0.710. The summed E-state index contributed by atoms with van der Waals surface area (Å²) in [4.78, 5) is 13.5. The number of nitrogens with zero attached hydrogens (tertiary/aromatic N) is 1. The molecule has 2 unspecified atom stereocenters. The number of hydrogen-bond donors (Lipinski definition) is 2. The van der Waals surface area contributed by atoms with E-state index in [1.54, 1.807) is 12.1 Å². The number of aliphatic hydroxyl groups excluding tert-OH is 2. The summed E-state index contributed by atoms with van der Waals surface area (Å²) in [6, 6.07) is 7.29. The second kappa shape index (κ2) is 4.23.